The molecule has 3 aromatic rings. The molecule has 39 heavy (non-hydrogen) atoms. The summed E-state index contributed by atoms with van der Waals surface area (Å²) in [5.41, 5.74) is 3.23. The van der Waals surface area contributed by atoms with Crippen LogP contribution in [0.3, 0.4) is 0 Å². The van der Waals surface area contributed by atoms with Crippen molar-refractivity contribution in [3.63, 3.8) is 0 Å². The van der Waals surface area contributed by atoms with Crippen LogP contribution in [0, 0.1) is 6.92 Å². The summed E-state index contributed by atoms with van der Waals surface area (Å²) in [6.07, 6.45) is 0.707. The highest BCUT2D eigenvalue weighted by atomic mass is 16.5. The van der Waals surface area contributed by atoms with Crippen LogP contribution in [0.15, 0.2) is 78.4 Å². The second kappa shape index (κ2) is 12.0. The minimum Gasteiger partial charge on any atom is -0.507 e. The summed E-state index contributed by atoms with van der Waals surface area (Å²) in [5.74, 6) is -1.56. The van der Waals surface area contributed by atoms with Gasteiger partial charge in [0.2, 0.25) is 0 Å². The first-order valence-electron chi connectivity index (χ1n) is 13.1. The van der Waals surface area contributed by atoms with Crippen molar-refractivity contribution in [3.05, 3.63) is 101 Å². The van der Waals surface area contributed by atoms with Gasteiger partial charge in [0.1, 0.15) is 11.5 Å². The molecule has 1 N–H and O–H groups in total. The van der Waals surface area contributed by atoms with E-state index in [9.17, 15) is 19.5 Å². The molecule has 0 saturated carbocycles. The number of hydrogen-bond donors (Lipinski definition) is 1. The number of aliphatic hydroxyl groups is 1. The van der Waals surface area contributed by atoms with Crippen LogP contribution >= 0.6 is 0 Å². The smallest absolute Gasteiger partial charge is 0.310 e. The average Bonchev–Trinajstić information content (AvgIpc) is 3.17. The van der Waals surface area contributed by atoms with E-state index in [-0.39, 0.29) is 29.8 Å². The lowest BCUT2D eigenvalue weighted by Crippen LogP contribution is -2.29. The monoisotopic (exact) mass is 527 g/mol. The predicted octanol–water partition coefficient (Wildman–Crippen LogP) is 5.90. The highest BCUT2D eigenvalue weighted by Crippen LogP contribution is 2.42. The second-order valence-corrected chi connectivity index (χ2v) is 9.84. The van der Waals surface area contributed by atoms with E-state index in [1.165, 1.54) is 4.90 Å². The normalized spacial score (nSPS) is 16.5. The molecule has 7 nitrogen and oxygen atoms in total. The quantitative estimate of drug-likeness (QED) is 0.161. The molecule has 1 amide bonds. The minimum atomic E-state index is -0.845. The van der Waals surface area contributed by atoms with Gasteiger partial charge in [0.05, 0.1) is 30.7 Å². The summed E-state index contributed by atoms with van der Waals surface area (Å²) in [5, 5.41) is 11.4. The number of ketones is 1. The van der Waals surface area contributed by atoms with Gasteiger partial charge in [-0.1, -0.05) is 61.0 Å². The van der Waals surface area contributed by atoms with Gasteiger partial charge in [0, 0.05) is 11.3 Å². The molecule has 0 spiro atoms. The zero-order chi connectivity index (χ0) is 28.1. The lowest BCUT2D eigenvalue weighted by molar-refractivity contribution is -0.146. The molecule has 0 aliphatic carbocycles. The molecule has 1 aliphatic heterocycles. The van der Waals surface area contributed by atoms with Gasteiger partial charge in [0.25, 0.3) is 11.7 Å². The van der Waals surface area contributed by atoms with E-state index in [0.29, 0.717) is 29.2 Å². The Balaban J connectivity index is 1.77. The Morgan fingerprint density at radius 1 is 1.00 bits per heavy atom. The van der Waals surface area contributed by atoms with Crippen molar-refractivity contribution in [1.82, 2.24) is 0 Å². The van der Waals surface area contributed by atoms with E-state index < -0.39 is 17.7 Å². The molecular formula is C32H33NO6. The number of hydrogen-bond acceptors (Lipinski definition) is 6. The Morgan fingerprint density at radius 2 is 1.72 bits per heavy atom. The molecule has 1 heterocycles. The average molecular weight is 528 g/mol. The van der Waals surface area contributed by atoms with Gasteiger partial charge < -0.3 is 14.6 Å². The Morgan fingerprint density at radius 3 is 2.38 bits per heavy atom. The lowest BCUT2D eigenvalue weighted by atomic mass is 9.94. The van der Waals surface area contributed by atoms with Crippen molar-refractivity contribution in [2.24, 2.45) is 0 Å². The zero-order valence-electron chi connectivity index (χ0n) is 22.6. The molecule has 0 radical (unpaired) electrons. The molecule has 3 aromatic carbocycles. The summed E-state index contributed by atoms with van der Waals surface area (Å²) in [4.78, 5) is 40.4. The van der Waals surface area contributed by atoms with E-state index in [1.807, 2.05) is 38.1 Å². The summed E-state index contributed by atoms with van der Waals surface area (Å²) in [6, 6.07) is 20.4. The van der Waals surface area contributed by atoms with Crippen molar-refractivity contribution in [1.29, 1.82) is 0 Å². The Labute approximate surface area is 228 Å². The van der Waals surface area contributed by atoms with E-state index in [1.54, 1.807) is 62.4 Å². The number of carbonyl (C=O) groups excluding carboxylic acids is 3. The number of Topliss-reactive ketones (excluding diaryl/α,β-unsaturated/α-hetero) is 1. The van der Waals surface area contributed by atoms with E-state index in [0.717, 1.165) is 17.5 Å². The van der Waals surface area contributed by atoms with Gasteiger partial charge >= 0.3 is 5.97 Å². The third-order valence-electron chi connectivity index (χ3n) is 6.31. The number of anilines is 1. The van der Waals surface area contributed by atoms with Crippen LogP contribution in [0.5, 0.6) is 5.75 Å². The second-order valence-electron chi connectivity index (χ2n) is 9.84. The van der Waals surface area contributed by atoms with Gasteiger partial charge in [-0.05, 0) is 62.6 Å². The van der Waals surface area contributed by atoms with Crippen LogP contribution in [0.1, 0.15) is 55.5 Å². The van der Waals surface area contributed by atoms with Crippen molar-refractivity contribution < 1.29 is 29.0 Å². The SMILES string of the molecule is CCCOc1cccc(/C(O)=C2/C(=O)C(=O)N(c3ccc(CC(=O)OC(C)C)cc3)C2c2cccc(C)c2)c1. The molecule has 0 aromatic heterocycles. The Bertz CT molecular complexity index is 1410. The van der Waals surface area contributed by atoms with Gasteiger partial charge in [-0.3, -0.25) is 19.3 Å². The molecule has 7 heteroatoms. The third-order valence-corrected chi connectivity index (χ3v) is 6.31. The zero-order valence-corrected chi connectivity index (χ0v) is 22.6. The molecule has 1 unspecified atom stereocenters. The van der Waals surface area contributed by atoms with Crippen LogP contribution in [0.25, 0.3) is 5.76 Å². The largest absolute Gasteiger partial charge is 0.507 e. The maximum atomic E-state index is 13.4. The number of carbonyl (C=O) groups is 3. The molecule has 202 valence electrons. The fraction of sp³-hybridized carbons (Fsp3) is 0.281. The van der Waals surface area contributed by atoms with E-state index in [2.05, 4.69) is 0 Å². The minimum absolute atomic E-state index is 0.00262. The predicted molar refractivity (Wildman–Crippen MR) is 150 cm³/mol. The lowest BCUT2D eigenvalue weighted by Gasteiger charge is -2.26. The fourth-order valence-electron chi connectivity index (χ4n) is 4.61. The first kappa shape index (κ1) is 27.6. The Hall–Kier alpha value is -4.39. The molecule has 1 fully saturated rings. The number of esters is 1. The summed E-state index contributed by atoms with van der Waals surface area (Å²) < 4.78 is 10.9. The summed E-state index contributed by atoms with van der Waals surface area (Å²) in [7, 11) is 0. The van der Waals surface area contributed by atoms with E-state index in [4.69, 9.17) is 9.47 Å². The van der Waals surface area contributed by atoms with Crippen molar-refractivity contribution in [2.45, 2.75) is 52.7 Å². The number of benzene rings is 3. The highest BCUT2D eigenvalue weighted by Gasteiger charge is 2.47. The van der Waals surface area contributed by atoms with Crippen molar-refractivity contribution in [3.8, 4) is 5.75 Å². The van der Waals surface area contributed by atoms with Crippen molar-refractivity contribution >= 4 is 29.1 Å². The molecule has 0 bridgehead atoms. The number of aryl methyl sites for hydroxylation is 1. The molecule has 1 aliphatic rings. The van der Waals surface area contributed by atoms with Gasteiger partial charge in [-0.15, -0.1) is 0 Å². The van der Waals surface area contributed by atoms with Crippen LogP contribution in [0.2, 0.25) is 0 Å². The number of nitrogens with zero attached hydrogens (tertiary/aromatic N) is 1. The van der Waals surface area contributed by atoms with E-state index >= 15 is 0 Å². The molecule has 4 rings (SSSR count). The van der Waals surface area contributed by atoms with Gasteiger partial charge in [-0.25, -0.2) is 0 Å². The number of rotatable bonds is 9. The van der Waals surface area contributed by atoms with Crippen LogP contribution < -0.4 is 9.64 Å². The van der Waals surface area contributed by atoms with Gasteiger partial charge in [0.15, 0.2) is 0 Å². The first-order chi connectivity index (χ1) is 18.7. The highest BCUT2D eigenvalue weighted by molar-refractivity contribution is 6.51. The van der Waals surface area contributed by atoms with Crippen molar-refractivity contribution in [2.75, 3.05) is 11.5 Å². The Kier molecular flexibility index (Phi) is 8.49. The fourth-order valence-corrected chi connectivity index (χ4v) is 4.61. The maximum absolute atomic E-state index is 13.4. The number of aliphatic hydroxyl groups excluding tert-OH is 1. The third kappa shape index (κ3) is 6.20. The molecule has 1 atom stereocenters. The molecular weight excluding hydrogens is 494 g/mol. The topological polar surface area (TPSA) is 93.1 Å². The van der Waals surface area contributed by atoms with Crippen LogP contribution in [-0.4, -0.2) is 35.5 Å². The van der Waals surface area contributed by atoms with Crippen LogP contribution in [0.4, 0.5) is 5.69 Å². The molecule has 1 saturated heterocycles. The number of ether oxygens (including phenoxy) is 2. The maximum Gasteiger partial charge on any atom is 0.310 e. The summed E-state index contributed by atoms with van der Waals surface area (Å²) >= 11 is 0. The number of amides is 1. The first-order valence-corrected chi connectivity index (χ1v) is 13.1. The van der Waals surface area contributed by atoms with Crippen LogP contribution in [-0.2, 0) is 25.5 Å². The standard InChI is InChI=1S/C32H33NO6/c1-5-16-38-26-11-7-10-24(19-26)30(35)28-29(23-9-6-8-21(4)17-23)33(32(37)31(28)36)25-14-12-22(13-15-25)18-27(34)39-20(2)3/h6-15,17,19-20,29,35H,5,16,18H2,1-4H3/b30-28-. The summed E-state index contributed by atoms with van der Waals surface area (Å²) in [6.45, 7) is 8.02. The van der Waals surface area contributed by atoms with Gasteiger partial charge in [-0.2, -0.15) is 0 Å².